The molecule has 0 bridgehead atoms. The standard InChI is InChI=1S/C14H12BrN3/c1-10(12-4-2-11(8-16)3-5-12)18-14-6-7-17-9-13(14)15/h2-7,9-10H,1H3,(H,17,18). The van der Waals surface area contributed by atoms with Crippen molar-refractivity contribution in [2.45, 2.75) is 13.0 Å². The van der Waals surface area contributed by atoms with Crippen molar-refractivity contribution in [1.29, 1.82) is 5.26 Å². The molecule has 1 N–H and O–H groups in total. The van der Waals surface area contributed by atoms with E-state index in [4.69, 9.17) is 5.26 Å². The molecular weight excluding hydrogens is 290 g/mol. The second kappa shape index (κ2) is 5.65. The fourth-order valence-electron chi connectivity index (χ4n) is 1.66. The maximum atomic E-state index is 8.76. The van der Waals surface area contributed by atoms with Gasteiger partial charge in [-0.05, 0) is 46.6 Å². The normalized spacial score (nSPS) is 11.6. The lowest BCUT2D eigenvalue weighted by molar-refractivity contribution is 0.882. The smallest absolute Gasteiger partial charge is 0.0991 e. The van der Waals surface area contributed by atoms with Crippen LogP contribution in [-0.4, -0.2) is 4.98 Å². The van der Waals surface area contributed by atoms with E-state index in [2.05, 4.69) is 39.2 Å². The van der Waals surface area contributed by atoms with Gasteiger partial charge in [-0.25, -0.2) is 0 Å². The van der Waals surface area contributed by atoms with Crippen LogP contribution in [0.25, 0.3) is 0 Å². The molecule has 4 heteroatoms. The van der Waals surface area contributed by atoms with Gasteiger partial charge in [0.1, 0.15) is 0 Å². The highest BCUT2D eigenvalue weighted by molar-refractivity contribution is 9.10. The number of aromatic nitrogens is 1. The summed E-state index contributed by atoms with van der Waals surface area (Å²) < 4.78 is 0.936. The second-order valence-electron chi connectivity index (χ2n) is 3.96. The Balaban J connectivity index is 2.15. The Kier molecular flexibility index (Phi) is 3.96. The molecule has 1 heterocycles. The zero-order chi connectivity index (χ0) is 13.0. The van der Waals surface area contributed by atoms with Gasteiger partial charge in [0.2, 0.25) is 0 Å². The van der Waals surface area contributed by atoms with Crippen LogP contribution in [0.4, 0.5) is 5.69 Å². The zero-order valence-electron chi connectivity index (χ0n) is 9.89. The zero-order valence-corrected chi connectivity index (χ0v) is 11.5. The monoisotopic (exact) mass is 301 g/mol. The number of nitriles is 1. The maximum Gasteiger partial charge on any atom is 0.0991 e. The van der Waals surface area contributed by atoms with Gasteiger partial charge in [-0.3, -0.25) is 4.98 Å². The van der Waals surface area contributed by atoms with Gasteiger partial charge < -0.3 is 5.32 Å². The van der Waals surface area contributed by atoms with Gasteiger partial charge in [0, 0.05) is 18.4 Å². The summed E-state index contributed by atoms with van der Waals surface area (Å²) in [6.07, 6.45) is 3.51. The molecule has 3 nitrogen and oxygen atoms in total. The minimum atomic E-state index is 0.163. The lowest BCUT2D eigenvalue weighted by Crippen LogP contribution is -2.07. The molecule has 2 rings (SSSR count). The Morgan fingerprint density at radius 1 is 1.28 bits per heavy atom. The average molecular weight is 302 g/mol. The van der Waals surface area contributed by atoms with Gasteiger partial charge in [-0.15, -0.1) is 0 Å². The summed E-state index contributed by atoms with van der Waals surface area (Å²) in [4.78, 5) is 4.02. The quantitative estimate of drug-likeness (QED) is 0.935. The number of hydrogen-bond donors (Lipinski definition) is 1. The maximum absolute atomic E-state index is 8.76. The molecular formula is C14H12BrN3. The first-order chi connectivity index (χ1) is 8.70. The molecule has 0 aliphatic rings. The third-order valence-electron chi connectivity index (χ3n) is 2.68. The van der Waals surface area contributed by atoms with Gasteiger partial charge >= 0.3 is 0 Å². The van der Waals surface area contributed by atoms with Crippen LogP contribution in [0.5, 0.6) is 0 Å². The van der Waals surface area contributed by atoms with E-state index in [1.54, 1.807) is 12.4 Å². The summed E-state index contributed by atoms with van der Waals surface area (Å²) in [5.41, 5.74) is 2.82. The highest BCUT2D eigenvalue weighted by atomic mass is 79.9. The minimum absolute atomic E-state index is 0.163. The van der Waals surface area contributed by atoms with Crippen molar-refractivity contribution >= 4 is 21.6 Å². The molecule has 90 valence electrons. The molecule has 18 heavy (non-hydrogen) atoms. The van der Waals surface area contributed by atoms with Crippen molar-refractivity contribution in [3.8, 4) is 6.07 Å². The minimum Gasteiger partial charge on any atom is -0.378 e. The summed E-state index contributed by atoms with van der Waals surface area (Å²) in [6.45, 7) is 2.08. The third-order valence-corrected chi connectivity index (χ3v) is 3.32. The van der Waals surface area contributed by atoms with Gasteiger partial charge in [0.05, 0.1) is 21.8 Å². The number of hydrogen-bond acceptors (Lipinski definition) is 3. The van der Waals surface area contributed by atoms with E-state index in [9.17, 15) is 0 Å². The molecule has 1 unspecified atom stereocenters. The van der Waals surface area contributed by atoms with E-state index in [-0.39, 0.29) is 6.04 Å². The van der Waals surface area contributed by atoms with Crippen molar-refractivity contribution < 1.29 is 0 Å². The van der Waals surface area contributed by atoms with Crippen LogP contribution in [-0.2, 0) is 0 Å². The predicted molar refractivity (Wildman–Crippen MR) is 75.1 cm³/mol. The summed E-state index contributed by atoms with van der Waals surface area (Å²) in [5, 5.41) is 12.2. The molecule has 0 spiro atoms. The lowest BCUT2D eigenvalue weighted by Gasteiger charge is -2.16. The first kappa shape index (κ1) is 12.6. The average Bonchev–Trinajstić information content (AvgIpc) is 2.41. The van der Waals surface area contributed by atoms with Crippen molar-refractivity contribution in [3.05, 3.63) is 58.3 Å². The second-order valence-corrected chi connectivity index (χ2v) is 4.81. The van der Waals surface area contributed by atoms with E-state index in [1.807, 2.05) is 30.3 Å². The van der Waals surface area contributed by atoms with Crippen LogP contribution in [0, 0.1) is 11.3 Å². The summed E-state index contributed by atoms with van der Waals surface area (Å²) in [7, 11) is 0. The molecule has 0 saturated heterocycles. The summed E-state index contributed by atoms with van der Waals surface area (Å²) >= 11 is 3.45. The lowest BCUT2D eigenvalue weighted by atomic mass is 10.1. The first-order valence-corrected chi connectivity index (χ1v) is 6.36. The number of nitrogens with one attached hydrogen (secondary N) is 1. The van der Waals surface area contributed by atoms with E-state index in [0.29, 0.717) is 5.56 Å². The van der Waals surface area contributed by atoms with Gasteiger partial charge in [-0.1, -0.05) is 12.1 Å². The van der Waals surface area contributed by atoms with Crippen LogP contribution in [0.15, 0.2) is 47.2 Å². The van der Waals surface area contributed by atoms with Gasteiger partial charge in [0.25, 0.3) is 0 Å². The molecule has 1 aromatic heterocycles. The van der Waals surface area contributed by atoms with Crippen molar-refractivity contribution in [1.82, 2.24) is 4.98 Å². The molecule has 0 saturated carbocycles. The predicted octanol–water partition coefficient (Wildman–Crippen LogP) is 3.89. The molecule has 1 atom stereocenters. The van der Waals surface area contributed by atoms with Gasteiger partial charge in [0.15, 0.2) is 0 Å². The van der Waals surface area contributed by atoms with E-state index in [1.165, 1.54) is 0 Å². The number of rotatable bonds is 3. The molecule has 0 aliphatic heterocycles. The van der Waals surface area contributed by atoms with Crippen molar-refractivity contribution in [2.75, 3.05) is 5.32 Å². The number of halogens is 1. The molecule has 2 aromatic rings. The van der Waals surface area contributed by atoms with Crippen LogP contribution in [0.2, 0.25) is 0 Å². The Labute approximate surface area is 115 Å². The Hall–Kier alpha value is -1.86. The van der Waals surface area contributed by atoms with Crippen LogP contribution >= 0.6 is 15.9 Å². The highest BCUT2D eigenvalue weighted by Crippen LogP contribution is 2.25. The fraction of sp³-hybridized carbons (Fsp3) is 0.143. The Morgan fingerprint density at radius 2 is 2.00 bits per heavy atom. The van der Waals surface area contributed by atoms with E-state index in [0.717, 1.165) is 15.7 Å². The summed E-state index contributed by atoms with van der Waals surface area (Å²) in [5.74, 6) is 0. The van der Waals surface area contributed by atoms with Crippen LogP contribution < -0.4 is 5.32 Å². The van der Waals surface area contributed by atoms with E-state index >= 15 is 0 Å². The topological polar surface area (TPSA) is 48.7 Å². The largest absolute Gasteiger partial charge is 0.378 e. The Bertz CT molecular complexity index is 572. The third kappa shape index (κ3) is 2.88. The SMILES string of the molecule is CC(Nc1ccncc1Br)c1ccc(C#N)cc1. The first-order valence-electron chi connectivity index (χ1n) is 5.57. The van der Waals surface area contributed by atoms with Gasteiger partial charge in [-0.2, -0.15) is 5.26 Å². The molecule has 0 amide bonds. The molecule has 1 aromatic carbocycles. The highest BCUT2D eigenvalue weighted by Gasteiger charge is 2.07. The number of pyridine rings is 1. The molecule has 0 radical (unpaired) electrons. The van der Waals surface area contributed by atoms with E-state index < -0.39 is 0 Å². The van der Waals surface area contributed by atoms with Crippen molar-refractivity contribution in [3.63, 3.8) is 0 Å². The van der Waals surface area contributed by atoms with Crippen LogP contribution in [0.3, 0.4) is 0 Å². The number of nitrogens with zero attached hydrogens (tertiary/aromatic N) is 2. The summed E-state index contributed by atoms with van der Waals surface area (Å²) in [6, 6.07) is 11.8. The Morgan fingerprint density at radius 3 is 2.61 bits per heavy atom. The molecule has 0 fully saturated rings. The molecule has 0 aliphatic carbocycles. The number of benzene rings is 1. The van der Waals surface area contributed by atoms with Crippen LogP contribution in [0.1, 0.15) is 24.1 Å². The number of anilines is 1. The van der Waals surface area contributed by atoms with Crippen molar-refractivity contribution in [2.24, 2.45) is 0 Å². The fourth-order valence-corrected chi connectivity index (χ4v) is 2.02.